The molecule has 0 radical (unpaired) electrons. The molecule has 0 bridgehead atoms. The Bertz CT molecular complexity index is 1230. The van der Waals surface area contributed by atoms with Crippen molar-refractivity contribution in [3.8, 4) is 17.0 Å². The van der Waals surface area contributed by atoms with Gasteiger partial charge in [-0.2, -0.15) is 0 Å². The Balaban J connectivity index is 1.46. The fraction of sp³-hybridized carbons (Fsp3) is 0.240. The highest BCUT2D eigenvalue weighted by Crippen LogP contribution is 2.30. The molecule has 0 atom stereocenters. The topological polar surface area (TPSA) is 69.0 Å². The molecule has 6 heteroatoms. The molecule has 0 fully saturated rings. The molecule has 31 heavy (non-hydrogen) atoms. The molecule has 2 aromatic carbocycles. The normalized spacial score (nSPS) is 11.0. The minimum Gasteiger partial charge on any atom is -0.479 e. The second-order valence-electron chi connectivity index (χ2n) is 7.62. The van der Waals surface area contributed by atoms with Gasteiger partial charge in [-0.3, -0.25) is 4.79 Å². The zero-order valence-electron chi connectivity index (χ0n) is 18.3. The summed E-state index contributed by atoms with van der Waals surface area (Å²) in [6.07, 6.45) is 0.977. The highest BCUT2D eigenvalue weighted by molar-refractivity contribution is 5.91. The van der Waals surface area contributed by atoms with Gasteiger partial charge in [-0.25, -0.2) is 9.67 Å². The zero-order chi connectivity index (χ0) is 22.0. The van der Waals surface area contributed by atoms with Crippen LogP contribution in [0.4, 0.5) is 5.69 Å². The number of nitrogens with one attached hydrogen (secondary N) is 1. The summed E-state index contributed by atoms with van der Waals surface area (Å²) in [5.41, 5.74) is 6.89. The number of aromatic nitrogens is 3. The Labute approximate surface area is 181 Å². The number of rotatable bonds is 6. The van der Waals surface area contributed by atoms with Crippen LogP contribution in [0.5, 0.6) is 5.88 Å². The number of aryl methyl sites for hydroxylation is 3. The number of carbonyl (C=O) groups is 1. The summed E-state index contributed by atoms with van der Waals surface area (Å²) in [5, 5.41) is 8.28. The van der Waals surface area contributed by atoms with Crippen LogP contribution in [0.2, 0.25) is 0 Å². The predicted octanol–water partition coefficient (Wildman–Crippen LogP) is 4.83. The maximum absolute atomic E-state index is 12.6. The van der Waals surface area contributed by atoms with E-state index in [1.54, 1.807) is 11.8 Å². The van der Waals surface area contributed by atoms with E-state index in [-0.39, 0.29) is 5.91 Å². The Hall–Kier alpha value is -3.67. The molecule has 1 amide bonds. The highest BCUT2D eigenvalue weighted by atomic mass is 16.5. The molecule has 4 aromatic rings. The van der Waals surface area contributed by atoms with Gasteiger partial charge in [0.05, 0.1) is 12.5 Å². The van der Waals surface area contributed by atoms with Gasteiger partial charge >= 0.3 is 0 Å². The van der Waals surface area contributed by atoms with Crippen LogP contribution in [-0.2, 0) is 18.3 Å². The summed E-state index contributed by atoms with van der Waals surface area (Å²) in [7, 11) is 3.46. The van der Waals surface area contributed by atoms with E-state index in [1.165, 1.54) is 0 Å². The molecular weight excluding hydrogens is 388 g/mol. The van der Waals surface area contributed by atoms with E-state index in [1.807, 2.05) is 63.4 Å². The van der Waals surface area contributed by atoms with Crippen molar-refractivity contribution in [2.45, 2.75) is 26.7 Å². The summed E-state index contributed by atoms with van der Waals surface area (Å²) >= 11 is 0. The third-order valence-electron chi connectivity index (χ3n) is 5.59. The third-order valence-corrected chi connectivity index (χ3v) is 5.59. The lowest BCUT2D eigenvalue weighted by atomic mass is 10.00. The van der Waals surface area contributed by atoms with E-state index in [0.29, 0.717) is 18.7 Å². The van der Waals surface area contributed by atoms with Gasteiger partial charge in [0.1, 0.15) is 0 Å². The van der Waals surface area contributed by atoms with Gasteiger partial charge in [0.2, 0.25) is 11.8 Å². The molecule has 1 N–H and O–H groups in total. The second kappa shape index (κ2) is 8.60. The number of hydrogen-bond donors (Lipinski definition) is 1. The fourth-order valence-electron chi connectivity index (χ4n) is 3.95. The first-order chi connectivity index (χ1) is 15.0. The van der Waals surface area contributed by atoms with E-state index < -0.39 is 0 Å². The van der Waals surface area contributed by atoms with Crippen LogP contribution in [0, 0.1) is 13.8 Å². The highest BCUT2D eigenvalue weighted by Gasteiger charge is 2.18. The maximum atomic E-state index is 12.6. The van der Waals surface area contributed by atoms with Crippen molar-refractivity contribution in [1.82, 2.24) is 14.8 Å². The molecular formula is C25H26N4O2. The van der Waals surface area contributed by atoms with Crippen LogP contribution in [0.25, 0.3) is 22.2 Å². The van der Waals surface area contributed by atoms with Crippen LogP contribution in [0.15, 0.2) is 54.6 Å². The molecule has 0 spiro atoms. The van der Waals surface area contributed by atoms with Crippen molar-refractivity contribution in [1.29, 1.82) is 0 Å². The number of nitrogens with zero attached hydrogens (tertiary/aromatic N) is 3. The lowest BCUT2D eigenvalue weighted by Gasteiger charge is -2.12. The van der Waals surface area contributed by atoms with E-state index in [2.05, 4.69) is 22.5 Å². The predicted molar refractivity (Wildman–Crippen MR) is 123 cm³/mol. The Morgan fingerprint density at radius 1 is 1.03 bits per heavy atom. The first-order valence-electron chi connectivity index (χ1n) is 10.3. The lowest BCUT2D eigenvalue weighted by molar-refractivity contribution is -0.116. The van der Waals surface area contributed by atoms with Gasteiger partial charge in [0.25, 0.3) is 0 Å². The summed E-state index contributed by atoms with van der Waals surface area (Å²) in [5.74, 6) is 0.538. The number of anilines is 1. The van der Waals surface area contributed by atoms with E-state index in [9.17, 15) is 4.79 Å². The number of fused-ring (bicyclic) bond motifs is 1. The van der Waals surface area contributed by atoms with Crippen molar-refractivity contribution in [2.24, 2.45) is 7.05 Å². The molecule has 158 valence electrons. The molecule has 2 aromatic heterocycles. The van der Waals surface area contributed by atoms with Crippen LogP contribution in [-0.4, -0.2) is 27.8 Å². The number of hydrogen-bond acceptors (Lipinski definition) is 4. The standard InChI is InChI=1S/C25H26N4O2/c1-16-21(17(2)26-24-23(16)25(31-4)28-29(24)3)14-15-22(30)27-20-12-10-19(11-13-20)18-8-6-5-7-9-18/h5-13H,14-15H2,1-4H3,(H,27,30). The number of methoxy groups -OCH3 is 1. The number of ether oxygens (including phenoxy) is 1. The first-order valence-corrected chi connectivity index (χ1v) is 10.3. The maximum Gasteiger partial charge on any atom is 0.242 e. The summed E-state index contributed by atoms with van der Waals surface area (Å²) in [6, 6.07) is 18.1. The fourth-order valence-corrected chi connectivity index (χ4v) is 3.95. The average molecular weight is 415 g/mol. The van der Waals surface area contributed by atoms with Crippen LogP contribution in [0.3, 0.4) is 0 Å². The molecule has 0 aliphatic rings. The Kier molecular flexibility index (Phi) is 5.71. The monoisotopic (exact) mass is 414 g/mol. The molecule has 6 nitrogen and oxygen atoms in total. The van der Waals surface area contributed by atoms with Gasteiger partial charge < -0.3 is 10.1 Å². The van der Waals surface area contributed by atoms with Crippen LogP contribution < -0.4 is 10.1 Å². The van der Waals surface area contributed by atoms with Crippen molar-refractivity contribution in [3.05, 3.63) is 71.4 Å². The van der Waals surface area contributed by atoms with E-state index in [0.717, 1.165) is 44.7 Å². The SMILES string of the molecule is COc1nn(C)c2nc(C)c(CCC(=O)Nc3ccc(-c4ccccc4)cc3)c(C)c12. The third kappa shape index (κ3) is 4.14. The molecule has 0 aliphatic carbocycles. The second-order valence-corrected chi connectivity index (χ2v) is 7.62. The van der Waals surface area contributed by atoms with Crippen molar-refractivity contribution < 1.29 is 9.53 Å². The van der Waals surface area contributed by atoms with Gasteiger partial charge in [-0.05, 0) is 54.7 Å². The quantitative estimate of drug-likeness (QED) is 0.491. The number of benzene rings is 2. The summed E-state index contributed by atoms with van der Waals surface area (Å²) < 4.78 is 7.14. The molecule has 4 rings (SSSR count). The summed E-state index contributed by atoms with van der Waals surface area (Å²) in [6.45, 7) is 4.01. The average Bonchev–Trinajstić information content (AvgIpc) is 3.10. The summed E-state index contributed by atoms with van der Waals surface area (Å²) in [4.78, 5) is 17.3. The minimum absolute atomic E-state index is 0.0236. The first kappa shape index (κ1) is 20.6. The van der Waals surface area contributed by atoms with Gasteiger partial charge in [-0.15, -0.1) is 5.10 Å². The minimum atomic E-state index is -0.0236. The molecule has 0 aliphatic heterocycles. The molecule has 2 heterocycles. The number of carbonyl (C=O) groups excluding carboxylic acids is 1. The van der Waals surface area contributed by atoms with E-state index in [4.69, 9.17) is 9.72 Å². The molecule has 0 saturated heterocycles. The lowest BCUT2D eigenvalue weighted by Crippen LogP contribution is -2.13. The van der Waals surface area contributed by atoms with Gasteiger partial charge in [0, 0.05) is 24.8 Å². The largest absolute Gasteiger partial charge is 0.479 e. The van der Waals surface area contributed by atoms with Gasteiger partial charge in [0.15, 0.2) is 5.65 Å². The van der Waals surface area contributed by atoms with E-state index >= 15 is 0 Å². The van der Waals surface area contributed by atoms with Crippen LogP contribution >= 0.6 is 0 Å². The molecule has 0 saturated carbocycles. The van der Waals surface area contributed by atoms with Crippen molar-refractivity contribution in [2.75, 3.05) is 12.4 Å². The smallest absolute Gasteiger partial charge is 0.242 e. The van der Waals surface area contributed by atoms with Crippen molar-refractivity contribution >= 4 is 22.6 Å². The number of amides is 1. The van der Waals surface area contributed by atoms with Crippen LogP contribution in [0.1, 0.15) is 23.2 Å². The zero-order valence-corrected chi connectivity index (χ0v) is 18.3. The Morgan fingerprint density at radius 2 is 1.71 bits per heavy atom. The number of pyridine rings is 1. The Morgan fingerprint density at radius 3 is 2.39 bits per heavy atom. The van der Waals surface area contributed by atoms with Gasteiger partial charge in [-0.1, -0.05) is 42.5 Å². The van der Waals surface area contributed by atoms with Crippen molar-refractivity contribution in [3.63, 3.8) is 0 Å². The molecule has 0 unspecified atom stereocenters.